The predicted molar refractivity (Wildman–Crippen MR) is 106 cm³/mol. The van der Waals surface area contributed by atoms with E-state index >= 15 is 0 Å². The summed E-state index contributed by atoms with van der Waals surface area (Å²) in [6.45, 7) is 5.06. The molecule has 1 aliphatic rings. The molecule has 3 aromatic rings. The first-order valence-corrected chi connectivity index (χ1v) is 9.48. The van der Waals surface area contributed by atoms with Gasteiger partial charge in [0, 0.05) is 18.0 Å². The smallest absolute Gasteiger partial charge is 0.273 e. The van der Waals surface area contributed by atoms with Gasteiger partial charge in [-0.15, -0.1) is 0 Å². The monoisotopic (exact) mass is 344 g/mol. The molecule has 0 fully saturated rings. The van der Waals surface area contributed by atoms with Gasteiger partial charge in [-0.2, -0.15) is 0 Å². The number of carbonyl (C=O) groups excluding carboxylic acids is 1. The first-order valence-electron chi connectivity index (χ1n) is 9.48. The molecule has 0 bridgehead atoms. The summed E-state index contributed by atoms with van der Waals surface area (Å²) >= 11 is 0. The van der Waals surface area contributed by atoms with Crippen molar-refractivity contribution in [1.82, 2.24) is 9.88 Å². The summed E-state index contributed by atoms with van der Waals surface area (Å²) in [6, 6.07) is 18.8. The standard InChI is InChI=1S/C23H24N2O/c1-3-16(2)25-15-9-13-19-21(17-10-5-4-6-11-17)18-12-7-8-14-20(18)24-22(19)23(25)26/h4-8,10-12,14,16H,3,9,13,15H2,1-2H3/t16-/m0/s1. The van der Waals surface area contributed by atoms with Crippen LogP contribution in [0.25, 0.3) is 22.0 Å². The lowest BCUT2D eigenvalue weighted by molar-refractivity contribution is 0.0689. The van der Waals surface area contributed by atoms with E-state index in [9.17, 15) is 4.79 Å². The highest BCUT2D eigenvalue weighted by Gasteiger charge is 2.29. The van der Waals surface area contributed by atoms with Crippen molar-refractivity contribution in [2.24, 2.45) is 0 Å². The van der Waals surface area contributed by atoms with Crippen molar-refractivity contribution in [1.29, 1.82) is 0 Å². The van der Waals surface area contributed by atoms with E-state index in [0.29, 0.717) is 5.69 Å². The highest BCUT2D eigenvalue weighted by Crippen LogP contribution is 2.35. The maximum atomic E-state index is 13.3. The molecule has 0 unspecified atom stereocenters. The van der Waals surface area contributed by atoms with Gasteiger partial charge in [-0.05, 0) is 48.9 Å². The van der Waals surface area contributed by atoms with Gasteiger partial charge >= 0.3 is 0 Å². The second-order valence-electron chi connectivity index (χ2n) is 7.06. The number of hydrogen-bond donors (Lipinski definition) is 0. The van der Waals surface area contributed by atoms with Crippen molar-refractivity contribution < 1.29 is 4.79 Å². The average Bonchev–Trinajstić information content (AvgIpc) is 2.85. The highest BCUT2D eigenvalue weighted by atomic mass is 16.2. The summed E-state index contributed by atoms with van der Waals surface area (Å²) in [5, 5.41) is 1.13. The van der Waals surface area contributed by atoms with Crippen LogP contribution in [0.2, 0.25) is 0 Å². The van der Waals surface area contributed by atoms with Crippen molar-refractivity contribution in [3.63, 3.8) is 0 Å². The summed E-state index contributed by atoms with van der Waals surface area (Å²) in [7, 11) is 0. The SMILES string of the molecule is CC[C@H](C)N1CCCc2c(nc3ccccc3c2-c2ccccc2)C1=O. The third-order valence-electron chi connectivity index (χ3n) is 5.47. The highest BCUT2D eigenvalue weighted by molar-refractivity contribution is 6.04. The minimum absolute atomic E-state index is 0.0785. The van der Waals surface area contributed by atoms with E-state index in [-0.39, 0.29) is 11.9 Å². The van der Waals surface area contributed by atoms with Gasteiger partial charge in [0.15, 0.2) is 0 Å². The Hall–Kier alpha value is -2.68. The molecule has 26 heavy (non-hydrogen) atoms. The van der Waals surface area contributed by atoms with Crippen molar-refractivity contribution in [2.45, 2.75) is 39.2 Å². The van der Waals surface area contributed by atoms with Crippen LogP contribution in [-0.4, -0.2) is 28.4 Å². The molecule has 1 aliphatic heterocycles. The number of fused-ring (bicyclic) bond motifs is 2. The molecular formula is C23H24N2O. The summed E-state index contributed by atoms with van der Waals surface area (Å²) in [5.74, 6) is 0.0785. The average molecular weight is 344 g/mol. The fourth-order valence-electron chi connectivity index (χ4n) is 3.91. The van der Waals surface area contributed by atoms with Crippen LogP contribution in [0.4, 0.5) is 0 Å². The molecule has 3 nitrogen and oxygen atoms in total. The molecule has 0 N–H and O–H groups in total. The fraction of sp³-hybridized carbons (Fsp3) is 0.304. The number of benzene rings is 2. The molecule has 0 saturated heterocycles. The maximum absolute atomic E-state index is 13.3. The molecule has 0 saturated carbocycles. The van der Waals surface area contributed by atoms with Crippen molar-refractivity contribution in [3.05, 3.63) is 65.9 Å². The molecule has 2 heterocycles. The van der Waals surface area contributed by atoms with Crippen LogP contribution in [-0.2, 0) is 6.42 Å². The Bertz CT molecular complexity index is 949. The molecule has 0 spiro atoms. The number of pyridine rings is 1. The number of amides is 1. The van der Waals surface area contributed by atoms with Crippen LogP contribution in [0, 0.1) is 0 Å². The molecule has 1 aromatic heterocycles. The van der Waals surface area contributed by atoms with E-state index in [0.717, 1.165) is 47.8 Å². The summed E-state index contributed by atoms with van der Waals surface area (Å²) in [5.41, 5.74) is 4.97. The first-order chi connectivity index (χ1) is 12.7. The molecule has 0 radical (unpaired) electrons. The Balaban J connectivity index is 2.00. The molecule has 1 amide bonds. The van der Waals surface area contributed by atoms with Gasteiger partial charge in [-0.3, -0.25) is 4.79 Å². The summed E-state index contributed by atoms with van der Waals surface area (Å²) < 4.78 is 0. The van der Waals surface area contributed by atoms with E-state index in [2.05, 4.69) is 44.2 Å². The second kappa shape index (κ2) is 6.91. The Morgan fingerprint density at radius 2 is 1.81 bits per heavy atom. The number of hydrogen-bond acceptors (Lipinski definition) is 2. The van der Waals surface area contributed by atoms with E-state index in [1.54, 1.807) is 0 Å². The lowest BCUT2D eigenvalue weighted by atomic mass is 9.92. The summed E-state index contributed by atoms with van der Waals surface area (Å²) in [4.78, 5) is 20.1. The molecule has 1 atom stereocenters. The lowest BCUT2D eigenvalue weighted by Gasteiger charge is -2.27. The van der Waals surface area contributed by atoms with Crippen LogP contribution >= 0.6 is 0 Å². The molecule has 2 aromatic carbocycles. The van der Waals surface area contributed by atoms with Crippen LogP contribution in [0.15, 0.2) is 54.6 Å². The van der Waals surface area contributed by atoms with Gasteiger partial charge in [0.05, 0.1) is 5.52 Å². The second-order valence-corrected chi connectivity index (χ2v) is 7.06. The van der Waals surface area contributed by atoms with Gasteiger partial charge in [0.25, 0.3) is 5.91 Å². The number of nitrogens with zero attached hydrogens (tertiary/aromatic N) is 2. The van der Waals surface area contributed by atoms with E-state index in [1.807, 2.05) is 29.2 Å². The number of aromatic nitrogens is 1. The predicted octanol–water partition coefficient (Wildman–Crippen LogP) is 5.09. The van der Waals surface area contributed by atoms with E-state index in [1.165, 1.54) is 5.56 Å². The zero-order valence-corrected chi connectivity index (χ0v) is 15.4. The van der Waals surface area contributed by atoms with Gasteiger partial charge in [-0.1, -0.05) is 55.5 Å². The molecule has 132 valence electrons. The number of para-hydroxylation sites is 1. The zero-order chi connectivity index (χ0) is 18.1. The quantitative estimate of drug-likeness (QED) is 0.663. The lowest BCUT2D eigenvalue weighted by Crippen LogP contribution is -2.38. The Labute approximate surface area is 154 Å². The first kappa shape index (κ1) is 16.8. The van der Waals surface area contributed by atoms with Crippen molar-refractivity contribution in [3.8, 4) is 11.1 Å². The van der Waals surface area contributed by atoms with Gasteiger partial charge in [0.1, 0.15) is 5.69 Å². The van der Waals surface area contributed by atoms with Crippen molar-refractivity contribution >= 4 is 16.8 Å². The normalized spacial score (nSPS) is 15.6. The van der Waals surface area contributed by atoms with Crippen LogP contribution in [0.5, 0.6) is 0 Å². The molecule has 3 heteroatoms. The minimum Gasteiger partial charge on any atom is -0.335 e. The van der Waals surface area contributed by atoms with Crippen LogP contribution in [0.3, 0.4) is 0 Å². The minimum atomic E-state index is 0.0785. The maximum Gasteiger partial charge on any atom is 0.273 e. The van der Waals surface area contributed by atoms with E-state index in [4.69, 9.17) is 4.98 Å². The van der Waals surface area contributed by atoms with Gasteiger partial charge in [-0.25, -0.2) is 4.98 Å². The molecule has 0 aliphatic carbocycles. The van der Waals surface area contributed by atoms with Crippen LogP contribution < -0.4 is 0 Å². The summed E-state index contributed by atoms with van der Waals surface area (Å²) in [6.07, 6.45) is 2.82. The Morgan fingerprint density at radius 1 is 1.08 bits per heavy atom. The Kier molecular flexibility index (Phi) is 4.46. The van der Waals surface area contributed by atoms with Gasteiger partial charge < -0.3 is 4.90 Å². The van der Waals surface area contributed by atoms with Crippen molar-refractivity contribution in [2.75, 3.05) is 6.54 Å². The number of rotatable bonds is 3. The zero-order valence-electron chi connectivity index (χ0n) is 15.4. The topological polar surface area (TPSA) is 33.2 Å². The third-order valence-corrected chi connectivity index (χ3v) is 5.47. The molecule has 4 rings (SSSR count). The molecular weight excluding hydrogens is 320 g/mol. The van der Waals surface area contributed by atoms with E-state index < -0.39 is 0 Å². The van der Waals surface area contributed by atoms with Crippen LogP contribution in [0.1, 0.15) is 42.7 Å². The largest absolute Gasteiger partial charge is 0.335 e. The number of carbonyl (C=O) groups is 1. The third kappa shape index (κ3) is 2.78. The Morgan fingerprint density at radius 3 is 2.58 bits per heavy atom. The van der Waals surface area contributed by atoms with Gasteiger partial charge in [0.2, 0.25) is 0 Å². The fourth-order valence-corrected chi connectivity index (χ4v) is 3.91.